The largest absolute Gasteiger partial charge is 0.394 e. The summed E-state index contributed by atoms with van der Waals surface area (Å²) in [6.45, 7) is 3.06. The third-order valence-electron chi connectivity index (χ3n) is 3.72. The molecule has 0 aromatic heterocycles. The molecule has 0 aliphatic carbocycles. The molecule has 5 N–H and O–H groups in total. The van der Waals surface area contributed by atoms with Crippen LogP contribution in [0, 0.1) is 0 Å². The average molecular weight is 296 g/mol. The molecule has 1 saturated heterocycles. The van der Waals surface area contributed by atoms with E-state index in [0.29, 0.717) is 5.56 Å². The minimum absolute atomic E-state index is 0.0914. The van der Waals surface area contributed by atoms with Crippen molar-refractivity contribution in [3.8, 4) is 0 Å². The number of benzene rings is 1. The van der Waals surface area contributed by atoms with Gasteiger partial charge >= 0.3 is 0 Å². The molecule has 1 aliphatic heterocycles. The minimum atomic E-state index is -2.08. The van der Waals surface area contributed by atoms with Crippen molar-refractivity contribution in [2.75, 3.05) is 6.61 Å². The highest BCUT2D eigenvalue weighted by Gasteiger charge is 2.52. The molecule has 0 unspecified atom stereocenters. The van der Waals surface area contributed by atoms with Crippen molar-refractivity contribution in [3.05, 3.63) is 42.0 Å². The van der Waals surface area contributed by atoms with Crippen molar-refractivity contribution in [2.24, 2.45) is 0 Å². The Bertz CT molecular complexity index is 485. The van der Waals surface area contributed by atoms with Crippen LogP contribution in [0.2, 0.25) is 0 Å². The summed E-state index contributed by atoms with van der Waals surface area (Å²) in [5.41, 5.74) is 1.57. The number of rotatable bonds is 4. The first-order valence-electron chi connectivity index (χ1n) is 6.68. The molecule has 0 spiro atoms. The van der Waals surface area contributed by atoms with Crippen LogP contribution in [0.15, 0.2) is 30.8 Å². The van der Waals surface area contributed by atoms with E-state index in [9.17, 15) is 20.4 Å². The zero-order chi connectivity index (χ0) is 15.6. The van der Waals surface area contributed by atoms with Crippen LogP contribution in [0.25, 0.3) is 6.08 Å². The van der Waals surface area contributed by atoms with Crippen molar-refractivity contribution < 1.29 is 30.3 Å². The van der Waals surface area contributed by atoms with Gasteiger partial charge in [-0.15, -0.1) is 0 Å². The van der Waals surface area contributed by atoms with Gasteiger partial charge in [-0.1, -0.05) is 36.9 Å². The number of hydrogen-bond acceptors (Lipinski definition) is 6. The normalized spacial score (nSPS) is 36.4. The van der Waals surface area contributed by atoms with Gasteiger partial charge in [0, 0.05) is 6.42 Å². The Balaban J connectivity index is 2.20. The Morgan fingerprint density at radius 2 is 1.76 bits per heavy atom. The molecule has 116 valence electrons. The van der Waals surface area contributed by atoms with E-state index in [1.807, 2.05) is 0 Å². The van der Waals surface area contributed by atoms with Crippen LogP contribution < -0.4 is 0 Å². The topological polar surface area (TPSA) is 110 Å². The molecular formula is C15H20O6. The highest BCUT2D eigenvalue weighted by Crippen LogP contribution is 2.31. The first kappa shape index (κ1) is 16.1. The third kappa shape index (κ3) is 3.16. The van der Waals surface area contributed by atoms with E-state index in [4.69, 9.17) is 9.84 Å². The molecule has 0 saturated carbocycles. The molecule has 1 fully saturated rings. The van der Waals surface area contributed by atoms with Crippen molar-refractivity contribution in [1.82, 2.24) is 0 Å². The summed E-state index contributed by atoms with van der Waals surface area (Å²) in [6, 6.07) is 7.04. The van der Waals surface area contributed by atoms with Crippen LogP contribution in [0.5, 0.6) is 0 Å². The Labute approximate surface area is 122 Å². The van der Waals surface area contributed by atoms with Crippen molar-refractivity contribution in [3.63, 3.8) is 0 Å². The molecule has 2 rings (SSSR count). The molecule has 0 amide bonds. The maximum atomic E-state index is 10.4. The second kappa shape index (κ2) is 6.23. The van der Waals surface area contributed by atoms with Crippen LogP contribution in [-0.4, -0.2) is 62.3 Å². The van der Waals surface area contributed by atoms with E-state index >= 15 is 0 Å². The standard InChI is InChI=1S/C15H20O6/c1-2-9-3-5-10(6-4-9)7-15(20)14(19)13(18)12(17)11(8-16)21-15/h2-6,11-14,16-20H,1,7-8H2/t11-,12-,13+,14-,15-/m1/s1. The molecule has 1 aliphatic rings. The summed E-state index contributed by atoms with van der Waals surface area (Å²) >= 11 is 0. The van der Waals surface area contributed by atoms with Gasteiger partial charge in [-0.25, -0.2) is 0 Å². The van der Waals surface area contributed by atoms with Gasteiger partial charge in [0.15, 0.2) is 5.79 Å². The van der Waals surface area contributed by atoms with E-state index in [-0.39, 0.29) is 6.42 Å². The third-order valence-corrected chi connectivity index (χ3v) is 3.72. The molecule has 21 heavy (non-hydrogen) atoms. The summed E-state index contributed by atoms with van der Waals surface area (Å²) in [7, 11) is 0. The average Bonchev–Trinajstić information content (AvgIpc) is 2.50. The summed E-state index contributed by atoms with van der Waals surface area (Å²) in [6.07, 6.45) is -4.34. The Hall–Kier alpha value is -1.28. The summed E-state index contributed by atoms with van der Waals surface area (Å²) in [5.74, 6) is -2.08. The molecule has 6 nitrogen and oxygen atoms in total. The maximum absolute atomic E-state index is 10.4. The van der Waals surface area contributed by atoms with E-state index in [2.05, 4.69) is 6.58 Å². The monoisotopic (exact) mass is 296 g/mol. The van der Waals surface area contributed by atoms with E-state index in [0.717, 1.165) is 5.56 Å². The SMILES string of the molecule is C=Cc1ccc(C[C@@]2(O)O[C@H](CO)[C@@H](O)[C@H](O)[C@H]2O)cc1. The highest BCUT2D eigenvalue weighted by atomic mass is 16.7. The van der Waals surface area contributed by atoms with E-state index in [1.54, 1.807) is 30.3 Å². The van der Waals surface area contributed by atoms with Gasteiger partial charge in [0.1, 0.15) is 24.4 Å². The smallest absolute Gasteiger partial charge is 0.199 e. The van der Waals surface area contributed by atoms with E-state index in [1.165, 1.54) is 0 Å². The van der Waals surface area contributed by atoms with Gasteiger partial charge in [0.25, 0.3) is 0 Å². The van der Waals surface area contributed by atoms with Crippen LogP contribution in [0.4, 0.5) is 0 Å². The molecule has 5 atom stereocenters. The van der Waals surface area contributed by atoms with Gasteiger partial charge in [0.05, 0.1) is 6.61 Å². The Morgan fingerprint density at radius 1 is 1.14 bits per heavy atom. The highest BCUT2D eigenvalue weighted by molar-refractivity contribution is 5.47. The van der Waals surface area contributed by atoms with Gasteiger partial charge in [-0.05, 0) is 11.1 Å². The van der Waals surface area contributed by atoms with Crippen LogP contribution >= 0.6 is 0 Å². The molecule has 0 radical (unpaired) electrons. The first-order chi connectivity index (χ1) is 9.91. The summed E-state index contributed by atoms with van der Waals surface area (Å²) in [4.78, 5) is 0. The second-order valence-corrected chi connectivity index (χ2v) is 5.23. The predicted octanol–water partition coefficient (Wildman–Crippen LogP) is -0.966. The molecule has 6 heteroatoms. The molecular weight excluding hydrogens is 276 g/mol. The summed E-state index contributed by atoms with van der Waals surface area (Å²) < 4.78 is 5.20. The Kier molecular flexibility index (Phi) is 4.77. The van der Waals surface area contributed by atoms with Gasteiger partial charge < -0.3 is 30.3 Å². The number of ether oxygens (including phenoxy) is 1. The molecule has 1 heterocycles. The van der Waals surface area contributed by atoms with Gasteiger partial charge in [0.2, 0.25) is 0 Å². The Morgan fingerprint density at radius 3 is 2.29 bits per heavy atom. The zero-order valence-electron chi connectivity index (χ0n) is 11.5. The zero-order valence-corrected chi connectivity index (χ0v) is 11.5. The number of hydrogen-bond donors (Lipinski definition) is 5. The summed E-state index contributed by atoms with van der Waals surface area (Å²) in [5, 5.41) is 49.0. The van der Waals surface area contributed by atoms with Crippen molar-refractivity contribution >= 4 is 6.08 Å². The lowest BCUT2D eigenvalue weighted by molar-refractivity contribution is -0.348. The second-order valence-electron chi connectivity index (χ2n) is 5.23. The molecule has 1 aromatic rings. The van der Waals surface area contributed by atoms with E-state index < -0.39 is 36.8 Å². The fraction of sp³-hybridized carbons (Fsp3) is 0.467. The van der Waals surface area contributed by atoms with Crippen LogP contribution in [-0.2, 0) is 11.2 Å². The number of aliphatic hydroxyl groups excluding tert-OH is 4. The lowest BCUT2D eigenvalue weighted by Crippen LogP contribution is -2.65. The lowest BCUT2D eigenvalue weighted by atomic mass is 9.88. The van der Waals surface area contributed by atoms with Gasteiger partial charge in [-0.2, -0.15) is 0 Å². The molecule has 1 aromatic carbocycles. The molecule has 0 bridgehead atoms. The van der Waals surface area contributed by atoms with Crippen LogP contribution in [0.1, 0.15) is 11.1 Å². The van der Waals surface area contributed by atoms with Crippen LogP contribution in [0.3, 0.4) is 0 Å². The van der Waals surface area contributed by atoms with Gasteiger partial charge in [-0.3, -0.25) is 0 Å². The predicted molar refractivity (Wildman–Crippen MR) is 75.2 cm³/mol. The minimum Gasteiger partial charge on any atom is -0.394 e. The lowest BCUT2D eigenvalue weighted by Gasteiger charge is -2.45. The first-order valence-corrected chi connectivity index (χ1v) is 6.68. The fourth-order valence-electron chi connectivity index (χ4n) is 2.43. The van der Waals surface area contributed by atoms with Crippen molar-refractivity contribution in [1.29, 1.82) is 0 Å². The quantitative estimate of drug-likeness (QED) is 0.489. The maximum Gasteiger partial charge on any atom is 0.199 e. The fourth-order valence-corrected chi connectivity index (χ4v) is 2.43. The van der Waals surface area contributed by atoms with Crippen molar-refractivity contribution in [2.45, 2.75) is 36.6 Å². The number of aliphatic hydroxyl groups is 5.